The molecule has 1 N–H and O–H groups in total. The Kier molecular flexibility index (Phi) is 4.69. The van der Waals surface area contributed by atoms with Crippen molar-refractivity contribution in [3.05, 3.63) is 53.7 Å². The van der Waals surface area contributed by atoms with E-state index < -0.39 is 11.9 Å². The molecule has 0 fully saturated rings. The normalized spacial score (nSPS) is 10.8. The summed E-state index contributed by atoms with van der Waals surface area (Å²) in [5.41, 5.74) is 2.56. The zero-order valence-electron chi connectivity index (χ0n) is 13.8. The van der Waals surface area contributed by atoms with E-state index in [0.29, 0.717) is 17.3 Å². The Morgan fingerprint density at radius 2 is 2.08 bits per heavy atom. The quantitative estimate of drug-likeness (QED) is 0.714. The summed E-state index contributed by atoms with van der Waals surface area (Å²) >= 11 is 0. The largest absolute Gasteiger partial charge is 0.452 e. The van der Waals surface area contributed by atoms with Crippen LogP contribution in [0, 0.1) is 0 Å². The van der Waals surface area contributed by atoms with Gasteiger partial charge in [0.25, 0.3) is 5.91 Å². The number of anilines is 1. The third kappa shape index (κ3) is 3.97. The van der Waals surface area contributed by atoms with Gasteiger partial charge in [0.2, 0.25) is 0 Å². The SMILES string of the molecule is CC(C)c1cccc(NC(=O)COC(=O)c2ccc3nnnn3c2)c1. The molecule has 0 aliphatic rings. The van der Waals surface area contributed by atoms with Crippen molar-refractivity contribution in [2.75, 3.05) is 11.9 Å². The predicted molar refractivity (Wildman–Crippen MR) is 90.2 cm³/mol. The van der Waals surface area contributed by atoms with Gasteiger partial charge in [-0.05, 0) is 46.2 Å². The zero-order valence-corrected chi connectivity index (χ0v) is 13.8. The van der Waals surface area contributed by atoms with Crippen LogP contribution in [0.25, 0.3) is 5.65 Å². The van der Waals surface area contributed by atoms with Crippen LogP contribution in [0.4, 0.5) is 5.69 Å². The average Bonchev–Trinajstić information content (AvgIpc) is 3.07. The number of carbonyl (C=O) groups is 2. The molecular weight excluding hydrogens is 322 g/mol. The highest BCUT2D eigenvalue weighted by Gasteiger charge is 2.12. The van der Waals surface area contributed by atoms with Crippen LogP contribution in [0.1, 0.15) is 35.7 Å². The number of pyridine rings is 1. The number of aromatic nitrogens is 4. The lowest BCUT2D eigenvalue weighted by Gasteiger charge is -2.10. The van der Waals surface area contributed by atoms with Gasteiger partial charge in [0.1, 0.15) is 0 Å². The van der Waals surface area contributed by atoms with Gasteiger partial charge in [-0.1, -0.05) is 26.0 Å². The van der Waals surface area contributed by atoms with Crippen LogP contribution in [0.15, 0.2) is 42.6 Å². The summed E-state index contributed by atoms with van der Waals surface area (Å²) in [5, 5.41) is 13.7. The Morgan fingerprint density at radius 1 is 1.24 bits per heavy atom. The lowest BCUT2D eigenvalue weighted by atomic mass is 10.0. The maximum absolute atomic E-state index is 12.0. The fraction of sp³-hybridized carbons (Fsp3) is 0.235. The average molecular weight is 339 g/mol. The first kappa shape index (κ1) is 16.6. The van der Waals surface area contributed by atoms with Crippen LogP contribution >= 0.6 is 0 Å². The zero-order chi connectivity index (χ0) is 17.8. The van der Waals surface area contributed by atoms with E-state index in [0.717, 1.165) is 5.56 Å². The highest BCUT2D eigenvalue weighted by molar-refractivity contribution is 5.95. The molecule has 0 atom stereocenters. The predicted octanol–water partition coefficient (Wildman–Crippen LogP) is 2.04. The molecule has 0 radical (unpaired) electrons. The Morgan fingerprint density at radius 3 is 2.88 bits per heavy atom. The van der Waals surface area contributed by atoms with Crippen LogP contribution in [-0.4, -0.2) is 38.5 Å². The van der Waals surface area contributed by atoms with Gasteiger partial charge in [0.15, 0.2) is 12.3 Å². The summed E-state index contributed by atoms with van der Waals surface area (Å²) in [6.45, 7) is 3.77. The topological polar surface area (TPSA) is 98.5 Å². The molecule has 25 heavy (non-hydrogen) atoms. The maximum atomic E-state index is 12.0. The molecule has 0 aliphatic carbocycles. The van der Waals surface area contributed by atoms with E-state index in [2.05, 4.69) is 34.7 Å². The number of esters is 1. The fourth-order valence-corrected chi connectivity index (χ4v) is 2.25. The molecule has 0 unspecified atom stereocenters. The number of ether oxygens (including phenoxy) is 1. The molecule has 2 aromatic heterocycles. The molecule has 0 aliphatic heterocycles. The van der Waals surface area contributed by atoms with Crippen molar-refractivity contribution in [3.63, 3.8) is 0 Å². The standard InChI is InChI=1S/C17H17N5O3/c1-11(2)12-4-3-5-14(8-12)18-16(23)10-25-17(24)13-6-7-15-19-20-21-22(15)9-13/h3-9,11H,10H2,1-2H3,(H,18,23). The lowest BCUT2D eigenvalue weighted by Crippen LogP contribution is -2.21. The van der Waals surface area contributed by atoms with Gasteiger partial charge in [-0.2, -0.15) is 4.52 Å². The highest BCUT2D eigenvalue weighted by atomic mass is 16.5. The molecule has 0 saturated heterocycles. The van der Waals surface area contributed by atoms with Gasteiger partial charge in [0.05, 0.1) is 5.56 Å². The van der Waals surface area contributed by atoms with Crippen molar-refractivity contribution in [3.8, 4) is 0 Å². The van der Waals surface area contributed by atoms with Crippen molar-refractivity contribution in [2.45, 2.75) is 19.8 Å². The third-order valence-corrected chi connectivity index (χ3v) is 3.60. The molecule has 8 nitrogen and oxygen atoms in total. The second-order valence-corrected chi connectivity index (χ2v) is 5.80. The molecule has 0 saturated carbocycles. The van der Waals surface area contributed by atoms with Crippen LogP contribution < -0.4 is 5.32 Å². The Labute approximate surface area is 143 Å². The Hall–Kier alpha value is -3.29. The number of hydrogen-bond acceptors (Lipinski definition) is 6. The maximum Gasteiger partial charge on any atom is 0.340 e. The highest BCUT2D eigenvalue weighted by Crippen LogP contribution is 2.18. The van der Waals surface area contributed by atoms with E-state index >= 15 is 0 Å². The van der Waals surface area contributed by atoms with Crippen LogP contribution in [0.3, 0.4) is 0 Å². The summed E-state index contributed by atoms with van der Waals surface area (Å²) in [7, 11) is 0. The molecule has 0 spiro atoms. The number of tetrazole rings is 1. The molecule has 1 amide bonds. The van der Waals surface area contributed by atoms with Gasteiger partial charge >= 0.3 is 5.97 Å². The smallest absolute Gasteiger partial charge is 0.340 e. The molecule has 3 rings (SSSR count). The number of fused-ring (bicyclic) bond motifs is 1. The van der Waals surface area contributed by atoms with Gasteiger partial charge in [0, 0.05) is 11.9 Å². The second kappa shape index (κ2) is 7.08. The summed E-state index contributed by atoms with van der Waals surface area (Å²) < 4.78 is 6.39. The van der Waals surface area contributed by atoms with E-state index in [9.17, 15) is 9.59 Å². The number of amides is 1. The monoisotopic (exact) mass is 339 g/mol. The first-order valence-corrected chi connectivity index (χ1v) is 7.77. The number of benzene rings is 1. The van der Waals surface area contributed by atoms with E-state index in [-0.39, 0.29) is 12.2 Å². The molecular formula is C17H17N5O3. The summed E-state index contributed by atoms with van der Waals surface area (Å²) in [6.07, 6.45) is 1.45. The molecule has 128 valence electrons. The molecule has 8 heteroatoms. The minimum atomic E-state index is -0.622. The molecule has 3 aromatic rings. The number of hydrogen-bond donors (Lipinski definition) is 1. The van der Waals surface area contributed by atoms with Crippen LogP contribution in [0.5, 0.6) is 0 Å². The van der Waals surface area contributed by atoms with Crippen molar-refractivity contribution < 1.29 is 14.3 Å². The van der Waals surface area contributed by atoms with Gasteiger partial charge in [-0.25, -0.2) is 4.79 Å². The van der Waals surface area contributed by atoms with Gasteiger partial charge in [-0.3, -0.25) is 4.79 Å². The van der Waals surface area contributed by atoms with E-state index in [1.54, 1.807) is 12.1 Å². The molecule has 0 bridgehead atoms. The number of carbonyl (C=O) groups excluding carboxylic acids is 2. The molecule has 1 aromatic carbocycles. The number of nitrogens with one attached hydrogen (secondary N) is 1. The van der Waals surface area contributed by atoms with Crippen molar-refractivity contribution in [1.29, 1.82) is 0 Å². The summed E-state index contributed by atoms with van der Waals surface area (Å²) in [5.74, 6) is -0.669. The van der Waals surface area contributed by atoms with E-state index in [1.165, 1.54) is 16.8 Å². The minimum Gasteiger partial charge on any atom is -0.452 e. The van der Waals surface area contributed by atoms with Crippen LogP contribution in [0.2, 0.25) is 0 Å². The lowest BCUT2D eigenvalue weighted by molar-refractivity contribution is -0.119. The molecule has 2 heterocycles. The summed E-state index contributed by atoms with van der Waals surface area (Å²) in [6, 6.07) is 10.7. The van der Waals surface area contributed by atoms with Crippen molar-refractivity contribution >= 4 is 23.2 Å². The third-order valence-electron chi connectivity index (χ3n) is 3.60. The van der Waals surface area contributed by atoms with Gasteiger partial charge < -0.3 is 10.1 Å². The van der Waals surface area contributed by atoms with Crippen molar-refractivity contribution in [1.82, 2.24) is 20.0 Å². The second-order valence-electron chi connectivity index (χ2n) is 5.80. The van der Waals surface area contributed by atoms with Crippen LogP contribution in [-0.2, 0) is 9.53 Å². The number of nitrogens with zero attached hydrogens (tertiary/aromatic N) is 4. The Bertz CT molecular complexity index is 919. The number of rotatable bonds is 5. The first-order valence-electron chi connectivity index (χ1n) is 7.77. The summed E-state index contributed by atoms with van der Waals surface area (Å²) in [4.78, 5) is 24.0. The van der Waals surface area contributed by atoms with Gasteiger partial charge in [-0.15, -0.1) is 5.10 Å². The fourth-order valence-electron chi connectivity index (χ4n) is 2.25. The Balaban J connectivity index is 1.58. The first-order chi connectivity index (χ1) is 12.0. The van der Waals surface area contributed by atoms with E-state index in [1.807, 2.05) is 18.2 Å². The van der Waals surface area contributed by atoms with E-state index in [4.69, 9.17) is 4.74 Å². The van der Waals surface area contributed by atoms with Crippen molar-refractivity contribution in [2.24, 2.45) is 0 Å². The minimum absolute atomic E-state index is 0.259.